The lowest BCUT2D eigenvalue weighted by Crippen LogP contribution is -2.30. The van der Waals surface area contributed by atoms with Crippen LogP contribution in [-0.2, 0) is 27.9 Å². The average molecular weight is 476 g/mol. The lowest BCUT2D eigenvalue weighted by atomic mass is 10.1. The van der Waals surface area contributed by atoms with Gasteiger partial charge in [-0.15, -0.1) is 0 Å². The zero-order valence-corrected chi connectivity index (χ0v) is 19.3. The standard InChI is InChI=1S/C23H26FN3O5S/c1-3-32-17-8-9-22(16(10-17)12-24)33(30,31)26-13-15(2)21(14-26)27-20-7-5-4-6-18(20)19(25-27)11-23(28)29/h4-10,15,21H,3,11-14H2,1-2H3,(H,28,29)/t15-,21+/m1/s1. The van der Waals surface area contributed by atoms with Gasteiger partial charge in [-0.25, -0.2) is 12.8 Å². The normalized spacial score (nSPS) is 19.2. The third-order valence-electron chi connectivity index (χ3n) is 5.97. The van der Waals surface area contributed by atoms with Gasteiger partial charge in [0, 0.05) is 24.0 Å². The zero-order valence-electron chi connectivity index (χ0n) is 18.4. The van der Waals surface area contributed by atoms with Crippen molar-refractivity contribution in [3.63, 3.8) is 0 Å². The molecule has 0 unspecified atom stereocenters. The molecule has 4 rings (SSSR count). The zero-order chi connectivity index (χ0) is 23.8. The number of para-hydroxylation sites is 1. The van der Waals surface area contributed by atoms with E-state index in [9.17, 15) is 22.7 Å². The van der Waals surface area contributed by atoms with Crippen molar-refractivity contribution in [3.05, 3.63) is 53.7 Å². The fraction of sp³-hybridized carbons (Fsp3) is 0.391. The number of aliphatic carboxylic acids is 1. The molecule has 2 heterocycles. The Balaban J connectivity index is 1.68. The Hall–Kier alpha value is -2.98. The highest BCUT2D eigenvalue weighted by atomic mass is 32.2. The van der Waals surface area contributed by atoms with Gasteiger partial charge in [0.05, 0.1) is 35.2 Å². The molecule has 1 fully saturated rings. The van der Waals surface area contributed by atoms with Gasteiger partial charge in [0.25, 0.3) is 0 Å². The van der Waals surface area contributed by atoms with E-state index in [4.69, 9.17) is 4.74 Å². The van der Waals surface area contributed by atoms with Crippen LogP contribution < -0.4 is 4.74 Å². The number of hydrogen-bond donors (Lipinski definition) is 1. The maximum absolute atomic E-state index is 13.7. The predicted molar refractivity (Wildman–Crippen MR) is 120 cm³/mol. The van der Waals surface area contributed by atoms with Crippen molar-refractivity contribution in [1.29, 1.82) is 0 Å². The van der Waals surface area contributed by atoms with Crippen LogP contribution in [-0.4, -0.2) is 53.3 Å². The number of fused-ring (bicyclic) bond motifs is 1. The number of rotatable bonds is 8. The summed E-state index contributed by atoms with van der Waals surface area (Å²) in [4.78, 5) is 11.2. The Kier molecular flexibility index (Phi) is 6.40. The number of aromatic nitrogens is 2. The SMILES string of the molecule is CCOc1ccc(S(=O)(=O)N2C[C@@H](C)[C@@H](n3nc(CC(=O)O)c4ccccc43)C2)c(CF)c1. The molecule has 1 aliphatic heterocycles. The Morgan fingerprint density at radius 3 is 2.70 bits per heavy atom. The molecule has 8 nitrogen and oxygen atoms in total. The molecule has 10 heteroatoms. The molecule has 1 aromatic heterocycles. The van der Waals surface area contributed by atoms with Gasteiger partial charge in [0.1, 0.15) is 12.4 Å². The highest BCUT2D eigenvalue weighted by molar-refractivity contribution is 7.89. The van der Waals surface area contributed by atoms with Crippen LogP contribution in [0.3, 0.4) is 0 Å². The number of nitrogens with zero attached hydrogens (tertiary/aromatic N) is 3. The number of hydrogen-bond acceptors (Lipinski definition) is 5. The summed E-state index contributed by atoms with van der Waals surface area (Å²) in [5, 5.41) is 14.5. The molecule has 176 valence electrons. The lowest BCUT2D eigenvalue weighted by molar-refractivity contribution is -0.136. The molecule has 0 radical (unpaired) electrons. The van der Waals surface area contributed by atoms with Gasteiger partial charge < -0.3 is 9.84 Å². The van der Waals surface area contributed by atoms with Crippen molar-refractivity contribution in [2.75, 3.05) is 19.7 Å². The first kappa shape index (κ1) is 23.2. The van der Waals surface area contributed by atoms with Gasteiger partial charge in [-0.3, -0.25) is 9.48 Å². The summed E-state index contributed by atoms with van der Waals surface area (Å²) in [5.41, 5.74) is 1.26. The maximum Gasteiger partial charge on any atom is 0.309 e. The van der Waals surface area contributed by atoms with Crippen LogP contribution in [0, 0.1) is 5.92 Å². The van der Waals surface area contributed by atoms with E-state index in [0.717, 1.165) is 10.9 Å². The number of sulfonamides is 1. The molecule has 0 amide bonds. The first-order chi connectivity index (χ1) is 15.8. The monoisotopic (exact) mass is 475 g/mol. The average Bonchev–Trinajstić information content (AvgIpc) is 3.34. The fourth-order valence-corrected chi connectivity index (χ4v) is 6.15. The number of benzene rings is 2. The van der Waals surface area contributed by atoms with Crippen LogP contribution in [0.2, 0.25) is 0 Å². The molecule has 33 heavy (non-hydrogen) atoms. The molecule has 0 saturated carbocycles. The van der Waals surface area contributed by atoms with Crippen molar-refractivity contribution in [2.45, 2.75) is 37.9 Å². The van der Waals surface area contributed by atoms with Gasteiger partial charge >= 0.3 is 5.97 Å². The van der Waals surface area contributed by atoms with E-state index in [1.54, 1.807) is 11.6 Å². The highest BCUT2D eigenvalue weighted by Gasteiger charge is 2.40. The lowest BCUT2D eigenvalue weighted by Gasteiger charge is -2.19. The minimum absolute atomic E-state index is 0.0605. The highest BCUT2D eigenvalue weighted by Crippen LogP contribution is 2.36. The van der Waals surface area contributed by atoms with E-state index in [1.165, 1.54) is 22.5 Å². The first-order valence-electron chi connectivity index (χ1n) is 10.8. The minimum Gasteiger partial charge on any atom is -0.494 e. The summed E-state index contributed by atoms with van der Waals surface area (Å²) < 4.78 is 49.1. The molecule has 0 aliphatic carbocycles. The fourth-order valence-electron chi connectivity index (χ4n) is 4.41. The van der Waals surface area contributed by atoms with Crippen molar-refractivity contribution >= 4 is 26.9 Å². The molecule has 1 N–H and O–H groups in total. The predicted octanol–water partition coefficient (Wildman–Crippen LogP) is 3.41. The van der Waals surface area contributed by atoms with Crippen LogP contribution in [0.1, 0.15) is 31.1 Å². The molecule has 2 atom stereocenters. The number of carboxylic acids is 1. The van der Waals surface area contributed by atoms with Gasteiger partial charge in [0.15, 0.2) is 0 Å². The minimum atomic E-state index is -3.95. The quantitative estimate of drug-likeness (QED) is 0.536. The Morgan fingerprint density at radius 1 is 1.24 bits per heavy atom. The Labute approximate surface area is 191 Å². The number of carboxylic acid groups (broad SMARTS) is 1. The van der Waals surface area contributed by atoms with Crippen LogP contribution in [0.15, 0.2) is 47.4 Å². The van der Waals surface area contributed by atoms with Crippen molar-refractivity contribution in [2.24, 2.45) is 5.92 Å². The summed E-state index contributed by atoms with van der Waals surface area (Å²) in [6.45, 7) is 3.60. The van der Waals surface area contributed by atoms with E-state index in [0.29, 0.717) is 18.1 Å². The van der Waals surface area contributed by atoms with Gasteiger partial charge in [-0.1, -0.05) is 25.1 Å². The second kappa shape index (κ2) is 9.11. The third-order valence-corrected chi connectivity index (χ3v) is 7.90. The van der Waals surface area contributed by atoms with Crippen LogP contribution in [0.25, 0.3) is 10.9 Å². The summed E-state index contributed by atoms with van der Waals surface area (Å²) in [6.07, 6.45) is -0.220. The van der Waals surface area contributed by atoms with E-state index >= 15 is 0 Å². The van der Waals surface area contributed by atoms with E-state index in [-0.39, 0.29) is 41.9 Å². The Bertz CT molecular complexity index is 1290. The van der Waals surface area contributed by atoms with Crippen molar-refractivity contribution in [3.8, 4) is 5.75 Å². The van der Waals surface area contributed by atoms with Crippen LogP contribution >= 0.6 is 0 Å². The smallest absolute Gasteiger partial charge is 0.309 e. The molecular weight excluding hydrogens is 449 g/mol. The van der Waals surface area contributed by atoms with Crippen LogP contribution in [0.4, 0.5) is 4.39 Å². The van der Waals surface area contributed by atoms with Crippen molar-refractivity contribution < 1.29 is 27.4 Å². The summed E-state index contributed by atoms with van der Waals surface area (Å²) in [5.74, 6) is -0.647. The second-order valence-corrected chi connectivity index (χ2v) is 10.1. The summed E-state index contributed by atoms with van der Waals surface area (Å²) in [6, 6.07) is 11.4. The summed E-state index contributed by atoms with van der Waals surface area (Å²) in [7, 11) is -3.95. The second-order valence-electron chi connectivity index (χ2n) is 8.18. The topological polar surface area (TPSA) is 102 Å². The van der Waals surface area contributed by atoms with E-state index < -0.39 is 22.7 Å². The maximum atomic E-state index is 13.7. The first-order valence-corrected chi connectivity index (χ1v) is 12.2. The molecule has 2 aromatic carbocycles. The molecule has 3 aromatic rings. The number of halogens is 1. The summed E-state index contributed by atoms with van der Waals surface area (Å²) >= 11 is 0. The number of carbonyl (C=O) groups is 1. The molecular formula is C23H26FN3O5S. The molecule has 0 bridgehead atoms. The van der Waals surface area contributed by atoms with E-state index in [2.05, 4.69) is 5.10 Å². The van der Waals surface area contributed by atoms with Crippen molar-refractivity contribution in [1.82, 2.24) is 14.1 Å². The molecule has 1 aliphatic rings. The molecule has 0 spiro atoms. The number of ether oxygens (including phenoxy) is 1. The van der Waals surface area contributed by atoms with Crippen LogP contribution in [0.5, 0.6) is 5.75 Å². The van der Waals surface area contributed by atoms with Gasteiger partial charge in [0.2, 0.25) is 10.0 Å². The molecule has 1 saturated heterocycles. The number of alkyl halides is 1. The van der Waals surface area contributed by atoms with E-state index in [1.807, 2.05) is 31.2 Å². The van der Waals surface area contributed by atoms with Gasteiger partial charge in [-0.05, 0) is 37.1 Å². The Morgan fingerprint density at radius 2 is 2.00 bits per heavy atom. The largest absolute Gasteiger partial charge is 0.494 e. The van der Waals surface area contributed by atoms with Gasteiger partial charge in [-0.2, -0.15) is 9.40 Å². The third kappa shape index (κ3) is 4.32.